The summed E-state index contributed by atoms with van der Waals surface area (Å²) in [5.74, 6) is -0.215. The minimum atomic E-state index is -0.463. The quantitative estimate of drug-likeness (QED) is 0.479. The van der Waals surface area contributed by atoms with Gasteiger partial charge in [0, 0.05) is 43.1 Å². The zero-order valence-corrected chi connectivity index (χ0v) is 11.2. The Morgan fingerprint density at radius 2 is 2.14 bits per heavy atom. The fourth-order valence-electron chi connectivity index (χ4n) is 1.68. The zero-order chi connectivity index (χ0) is 15.1. The molecule has 2 rings (SSSR count). The van der Waals surface area contributed by atoms with E-state index in [0.29, 0.717) is 13.0 Å². The predicted octanol–water partition coefficient (Wildman–Crippen LogP) is 1.69. The average molecular weight is 286 g/mol. The number of amides is 1. The number of hydrogen-bond acceptors (Lipinski definition) is 4. The van der Waals surface area contributed by atoms with Gasteiger partial charge >= 0.3 is 0 Å². The van der Waals surface area contributed by atoms with Crippen molar-refractivity contribution in [1.82, 2.24) is 15.3 Å². The molecule has 2 aromatic rings. The van der Waals surface area contributed by atoms with Crippen LogP contribution in [-0.2, 0) is 11.2 Å². The molecule has 0 aliphatic carbocycles. The smallest absolute Gasteiger partial charge is 0.269 e. The lowest BCUT2D eigenvalue weighted by atomic mass is 10.2. The minimum Gasteiger partial charge on any atom is -0.352 e. The molecule has 1 amide bonds. The second-order valence-corrected chi connectivity index (χ2v) is 4.30. The highest BCUT2D eigenvalue weighted by Gasteiger charge is 2.02. The van der Waals surface area contributed by atoms with Gasteiger partial charge in [-0.05, 0) is 23.8 Å². The third-order valence-corrected chi connectivity index (χ3v) is 2.78. The molecule has 0 saturated heterocycles. The molecular formula is C14H14N4O3. The Hall–Kier alpha value is -2.96. The van der Waals surface area contributed by atoms with Gasteiger partial charge in [-0.25, -0.2) is 4.98 Å². The molecule has 1 aromatic heterocycles. The maximum Gasteiger partial charge on any atom is 0.269 e. The fraction of sp³-hybridized carbons (Fsp3) is 0.143. The second-order valence-electron chi connectivity index (χ2n) is 4.30. The van der Waals surface area contributed by atoms with E-state index in [9.17, 15) is 14.9 Å². The van der Waals surface area contributed by atoms with E-state index in [4.69, 9.17) is 0 Å². The number of benzene rings is 1. The lowest BCUT2D eigenvalue weighted by Crippen LogP contribution is -2.23. The van der Waals surface area contributed by atoms with Crippen LogP contribution in [-0.4, -0.2) is 27.3 Å². The number of nitro benzene ring substituents is 1. The number of non-ortho nitro benzene ring substituents is 1. The Morgan fingerprint density at radius 1 is 1.38 bits per heavy atom. The number of aromatic nitrogens is 2. The number of carbonyl (C=O) groups is 1. The Balaban J connectivity index is 1.80. The molecule has 0 radical (unpaired) electrons. The number of nitro groups is 1. The van der Waals surface area contributed by atoms with E-state index >= 15 is 0 Å². The van der Waals surface area contributed by atoms with Crippen molar-refractivity contribution in [2.45, 2.75) is 6.42 Å². The highest BCUT2D eigenvalue weighted by atomic mass is 16.6. The van der Waals surface area contributed by atoms with Gasteiger partial charge in [-0.2, -0.15) is 0 Å². The lowest BCUT2D eigenvalue weighted by molar-refractivity contribution is -0.384. The zero-order valence-electron chi connectivity index (χ0n) is 11.2. The average Bonchev–Trinajstić information content (AvgIpc) is 2.99. The van der Waals surface area contributed by atoms with Gasteiger partial charge in [-0.1, -0.05) is 0 Å². The fourth-order valence-corrected chi connectivity index (χ4v) is 1.68. The first-order valence-electron chi connectivity index (χ1n) is 6.33. The molecule has 21 heavy (non-hydrogen) atoms. The molecule has 1 heterocycles. The van der Waals surface area contributed by atoms with E-state index in [1.165, 1.54) is 18.2 Å². The highest BCUT2D eigenvalue weighted by Crippen LogP contribution is 2.12. The molecule has 0 unspecified atom stereocenters. The summed E-state index contributed by atoms with van der Waals surface area (Å²) in [6, 6.07) is 5.98. The molecule has 0 spiro atoms. The molecule has 108 valence electrons. The summed E-state index contributed by atoms with van der Waals surface area (Å²) in [4.78, 5) is 28.5. The van der Waals surface area contributed by atoms with Crippen molar-refractivity contribution in [3.05, 3.63) is 64.2 Å². The van der Waals surface area contributed by atoms with Crippen LogP contribution in [0, 0.1) is 10.1 Å². The van der Waals surface area contributed by atoms with Crippen molar-refractivity contribution in [2.24, 2.45) is 0 Å². The van der Waals surface area contributed by atoms with Gasteiger partial charge in [0.2, 0.25) is 5.91 Å². The topological polar surface area (TPSA) is 101 Å². The molecular weight excluding hydrogens is 272 g/mol. The van der Waals surface area contributed by atoms with Gasteiger partial charge in [0.1, 0.15) is 0 Å². The molecule has 0 atom stereocenters. The Labute approximate surface area is 120 Å². The third kappa shape index (κ3) is 4.57. The largest absolute Gasteiger partial charge is 0.352 e. The monoisotopic (exact) mass is 286 g/mol. The summed E-state index contributed by atoms with van der Waals surface area (Å²) in [6.45, 7) is 0.506. The number of nitrogens with zero attached hydrogens (tertiary/aromatic N) is 2. The van der Waals surface area contributed by atoms with Gasteiger partial charge in [0.05, 0.1) is 11.3 Å². The van der Waals surface area contributed by atoms with Crippen LogP contribution in [0.4, 0.5) is 5.69 Å². The summed E-state index contributed by atoms with van der Waals surface area (Å²) in [5, 5.41) is 13.2. The SMILES string of the molecule is O=C(C=Cc1ccc([N+](=O)[O-])cc1)NCCc1cnc[nH]1. The van der Waals surface area contributed by atoms with Gasteiger partial charge < -0.3 is 10.3 Å². The number of H-pyrrole nitrogens is 1. The number of carbonyl (C=O) groups excluding carboxylic acids is 1. The highest BCUT2D eigenvalue weighted by molar-refractivity contribution is 5.91. The first-order valence-corrected chi connectivity index (χ1v) is 6.33. The number of rotatable bonds is 6. The first kappa shape index (κ1) is 14.4. The minimum absolute atomic E-state index is 0.0242. The molecule has 0 saturated carbocycles. The summed E-state index contributed by atoms with van der Waals surface area (Å²) in [7, 11) is 0. The van der Waals surface area contributed by atoms with Crippen LogP contribution < -0.4 is 5.32 Å². The van der Waals surface area contributed by atoms with Crippen LogP contribution in [0.2, 0.25) is 0 Å². The van der Waals surface area contributed by atoms with Crippen LogP contribution in [0.25, 0.3) is 6.08 Å². The maximum absolute atomic E-state index is 11.6. The second kappa shape index (κ2) is 6.99. The summed E-state index contributed by atoms with van der Waals surface area (Å²) in [5.41, 5.74) is 1.70. The number of nitrogens with one attached hydrogen (secondary N) is 2. The van der Waals surface area contributed by atoms with Gasteiger partial charge in [0.15, 0.2) is 0 Å². The Kier molecular flexibility index (Phi) is 4.81. The van der Waals surface area contributed by atoms with E-state index in [2.05, 4.69) is 15.3 Å². The van der Waals surface area contributed by atoms with Gasteiger partial charge in [-0.15, -0.1) is 0 Å². The Morgan fingerprint density at radius 3 is 2.76 bits per heavy atom. The van der Waals surface area contributed by atoms with Crippen LogP contribution in [0.3, 0.4) is 0 Å². The maximum atomic E-state index is 11.6. The van der Waals surface area contributed by atoms with Gasteiger partial charge in [0.25, 0.3) is 5.69 Å². The summed E-state index contributed by atoms with van der Waals surface area (Å²) >= 11 is 0. The van der Waals surface area contributed by atoms with Crippen molar-refractivity contribution >= 4 is 17.7 Å². The lowest BCUT2D eigenvalue weighted by Gasteiger charge is -2.00. The third-order valence-electron chi connectivity index (χ3n) is 2.78. The van der Waals surface area contributed by atoms with E-state index in [1.54, 1.807) is 30.7 Å². The summed E-state index contributed by atoms with van der Waals surface area (Å²) in [6.07, 6.45) is 6.98. The van der Waals surface area contributed by atoms with Crippen molar-refractivity contribution in [3.8, 4) is 0 Å². The molecule has 7 nitrogen and oxygen atoms in total. The van der Waals surface area contributed by atoms with Crippen molar-refractivity contribution in [3.63, 3.8) is 0 Å². The van der Waals surface area contributed by atoms with Gasteiger partial charge in [-0.3, -0.25) is 14.9 Å². The predicted molar refractivity (Wildman–Crippen MR) is 77.4 cm³/mol. The van der Waals surface area contributed by atoms with Crippen molar-refractivity contribution in [2.75, 3.05) is 6.54 Å². The molecule has 2 N–H and O–H groups in total. The summed E-state index contributed by atoms with van der Waals surface area (Å²) < 4.78 is 0. The van der Waals surface area contributed by atoms with Crippen molar-refractivity contribution in [1.29, 1.82) is 0 Å². The van der Waals surface area contributed by atoms with E-state index in [1.807, 2.05) is 0 Å². The number of hydrogen-bond donors (Lipinski definition) is 2. The molecule has 0 aliphatic heterocycles. The Bertz CT molecular complexity index is 633. The molecule has 7 heteroatoms. The number of aromatic amines is 1. The number of imidazole rings is 1. The van der Waals surface area contributed by atoms with Crippen LogP contribution in [0.15, 0.2) is 42.9 Å². The van der Waals surface area contributed by atoms with Crippen molar-refractivity contribution < 1.29 is 9.72 Å². The molecule has 0 bridgehead atoms. The van der Waals surface area contributed by atoms with E-state index in [-0.39, 0.29) is 11.6 Å². The van der Waals surface area contributed by atoms with Crippen LogP contribution >= 0.6 is 0 Å². The first-order chi connectivity index (χ1) is 10.1. The molecule has 0 aliphatic rings. The van der Waals surface area contributed by atoms with Crippen LogP contribution in [0.5, 0.6) is 0 Å². The molecule has 0 fully saturated rings. The molecule has 1 aromatic carbocycles. The van der Waals surface area contributed by atoms with Crippen LogP contribution in [0.1, 0.15) is 11.3 Å². The van der Waals surface area contributed by atoms with E-state index < -0.39 is 4.92 Å². The van der Waals surface area contributed by atoms with E-state index in [0.717, 1.165) is 11.3 Å². The standard InChI is InChI=1S/C14H14N4O3/c19-14(16-8-7-12-9-15-10-17-12)6-3-11-1-4-13(5-2-11)18(20)21/h1-6,9-10H,7-8H2,(H,15,17)(H,16,19). The normalized spacial score (nSPS) is 10.7.